The maximum absolute atomic E-state index is 14.3. The van der Waals surface area contributed by atoms with Crippen molar-refractivity contribution >= 4 is 28.2 Å². The van der Waals surface area contributed by atoms with Crippen molar-refractivity contribution in [3.8, 4) is 22.8 Å². The molecule has 170 valence electrons. The number of nitrogens with two attached hydrogens (primary N) is 1. The van der Waals surface area contributed by atoms with E-state index in [9.17, 15) is 9.50 Å². The van der Waals surface area contributed by atoms with Crippen molar-refractivity contribution in [1.82, 2.24) is 14.9 Å². The Hall–Kier alpha value is -2.68. The molecule has 0 amide bonds. The Bertz CT molecular complexity index is 1130. The third kappa shape index (κ3) is 4.44. The lowest BCUT2D eigenvalue weighted by Crippen LogP contribution is -2.37. The lowest BCUT2D eigenvalue weighted by molar-refractivity contribution is 0.0653. The number of ether oxygens (including phenoxy) is 2. The maximum Gasteiger partial charge on any atom is 0.165 e. The van der Waals surface area contributed by atoms with Crippen LogP contribution in [0.3, 0.4) is 0 Å². The van der Waals surface area contributed by atoms with Crippen LogP contribution in [0.4, 0.5) is 10.1 Å². The Labute approximate surface area is 190 Å². The first-order valence-electron chi connectivity index (χ1n) is 10.5. The average molecular weight is 461 g/mol. The molecule has 0 saturated carbocycles. The van der Waals surface area contributed by atoms with Gasteiger partial charge in [0, 0.05) is 29.6 Å². The highest BCUT2D eigenvalue weighted by Crippen LogP contribution is 2.38. The van der Waals surface area contributed by atoms with Crippen molar-refractivity contribution < 1.29 is 19.0 Å². The summed E-state index contributed by atoms with van der Waals surface area (Å²) < 4.78 is 25.6. The minimum absolute atomic E-state index is 0.0558. The Morgan fingerprint density at radius 2 is 2.12 bits per heavy atom. The molecule has 3 aromatic rings. The van der Waals surface area contributed by atoms with Crippen LogP contribution < -0.4 is 15.2 Å². The van der Waals surface area contributed by atoms with E-state index in [1.54, 1.807) is 18.2 Å². The molecule has 1 aromatic heterocycles. The van der Waals surface area contributed by atoms with Gasteiger partial charge in [0.1, 0.15) is 19.0 Å². The molecule has 0 spiro atoms. The number of rotatable bonds is 7. The molecule has 2 unspecified atom stereocenters. The molecule has 0 bridgehead atoms. The summed E-state index contributed by atoms with van der Waals surface area (Å²) in [5.74, 6) is 0.209. The SMILES string of the molecule is COc1cc2c(-c3ccc(Cl)c(F)c3N)ncnc2cc1OCC(O)CN1CCCC1C. The molecule has 0 aliphatic carbocycles. The fraction of sp³-hybridized carbons (Fsp3) is 0.391. The van der Waals surface area contributed by atoms with Crippen molar-refractivity contribution in [3.05, 3.63) is 41.4 Å². The number of hydrogen-bond acceptors (Lipinski definition) is 7. The minimum atomic E-state index is -0.691. The van der Waals surface area contributed by atoms with E-state index >= 15 is 0 Å². The normalized spacial score (nSPS) is 17.6. The van der Waals surface area contributed by atoms with E-state index in [2.05, 4.69) is 21.8 Å². The van der Waals surface area contributed by atoms with Gasteiger partial charge in [0.2, 0.25) is 0 Å². The Kier molecular flexibility index (Phi) is 6.64. The van der Waals surface area contributed by atoms with Gasteiger partial charge in [-0.2, -0.15) is 0 Å². The Morgan fingerprint density at radius 1 is 1.31 bits per heavy atom. The number of β-amino-alcohol motifs (C(OH)–C–C–N with tert-alkyl or cyclic N) is 1. The lowest BCUT2D eigenvalue weighted by atomic mass is 10.0. The van der Waals surface area contributed by atoms with E-state index in [4.69, 9.17) is 26.8 Å². The van der Waals surface area contributed by atoms with E-state index in [0.29, 0.717) is 46.2 Å². The number of aliphatic hydroxyl groups excluding tert-OH is 1. The number of aromatic nitrogens is 2. The smallest absolute Gasteiger partial charge is 0.165 e. The monoisotopic (exact) mass is 460 g/mol. The number of benzene rings is 2. The second kappa shape index (κ2) is 9.44. The number of methoxy groups -OCH3 is 1. The van der Waals surface area contributed by atoms with Crippen LogP contribution in [-0.2, 0) is 0 Å². The average Bonchev–Trinajstić information content (AvgIpc) is 3.19. The molecule has 9 heteroatoms. The van der Waals surface area contributed by atoms with Gasteiger partial charge in [-0.05, 0) is 44.5 Å². The summed E-state index contributed by atoms with van der Waals surface area (Å²) in [5.41, 5.74) is 7.30. The predicted molar refractivity (Wildman–Crippen MR) is 123 cm³/mol. The van der Waals surface area contributed by atoms with E-state index in [-0.39, 0.29) is 17.3 Å². The number of anilines is 1. The molecule has 2 aromatic carbocycles. The zero-order chi connectivity index (χ0) is 22.8. The largest absolute Gasteiger partial charge is 0.493 e. The van der Waals surface area contributed by atoms with Gasteiger partial charge in [-0.3, -0.25) is 4.90 Å². The first kappa shape index (κ1) is 22.5. The van der Waals surface area contributed by atoms with E-state index in [1.807, 2.05) is 0 Å². The first-order valence-corrected chi connectivity index (χ1v) is 10.9. The van der Waals surface area contributed by atoms with Gasteiger partial charge in [-0.1, -0.05) is 11.6 Å². The maximum atomic E-state index is 14.3. The number of likely N-dealkylation sites (tertiary alicyclic amines) is 1. The van der Waals surface area contributed by atoms with Crippen LogP contribution in [0.25, 0.3) is 22.2 Å². The summed E-state index contributed by atoms with van der Waals surface area (Å²) in [6.07, 6.45) is 3.05. The van der Waals surface area contributed by atoms with Crippen LogP contribution in [0.5, 0.6) is 11.5 Å². The molecule has 2 heterocycles. The molecule has 4 rings (SSSR count). The molecule has 1 fully saturated rings. The molecule has 1 aliphatic rings. The van der Waals surface area contributed by atoms with Gasteiger partial charge in [-0.15, -0.1) is 0 Å². The fourth-order valence-corrected chi connectivity index (χ4v) is 4.26. The van der Waals surface area contributed by atoms with E-state index in [0.717, 1.165) is 19.4 Å². The zero-order valence-electron chi connectivity index (χ0n) is 18.0. The minimum Gasteiger partial charge on any atom is -0.493 e. The summed E-state index contributed by atoms with van der Waals surface area (Å²) in [4.78, 5) is 10.9. The Morgan fingerprint density at radius 3 is 2.84 bits per heavy atom. The molecule has 1 saturated heterocycles. The molecule has 3 N–H and O–H groups in total. The van der Waals surface area contributed by atoms with Gasteiger partial charge in [-0.25, -0.2) is 14.4 Å². The van der Waals surface area contributed by atoms with Crippen molar-refractivity contribution in [2.75, 3.05) is 32.5 Å². The number of aliphatic hydroxyl groups is 1. The van der Waals surface area contributed by atoms with Gasteiger partial charge >= 0.3 is 0 Å². The molecule has 1 aliphatic heterocycles. The third-order valence-corrected chi connectivity index (χ3v) is 6.17. The molecule has 0 radical (unpaired) electrons. The number of nitrogens with zero attached hydrogens (tertiary/aromatic N) is 3. The summed E-state index contributed by atoms with van der Waals surface area (Å²) in [5, 5.41) is 11.0. The summed E-state index contributed by atoms with van der Waals surface area (Å²) in [6, 6.07) is 6.97. The zero-order valence-corrected chi connectivity index (χ0v) is 18.8. The fourth-order valence-electron chi connectivity index (χ4n) is 4.10. The van der Waals surface area contributed by atoms with Crippen LogP contribution in [0.2, 0.25) is 5.02 Å². The summed E-state index contributed by atoms with van der Waals surface area (Å²) in [6.45, 7) is 3.85. The number of hydrogen-bond donors (Lipinski definition) is 2. The molecular formula is C23H26ClFN4O3. The van der Waals surface area contributed by atoms with Crippen LogP contribution in [0.15, 0.2) is 30.6 Å². The molecular weight excluding hydrogens is 435 g/mol. The quantitative estimate of drug-likeness (QED) is 0.516. The molecule has 7 nitrogen and oxygen atoms in total. The highest BCUT2D eigenvalue weighted by atomic mass is 35.5. The highest BCUT2D eigenvalue weighted by molar-refractivity contribution is 6.31. The second-order valence-electron chi connectivity index (χ2n) is 8.02. The lowest BCUT2D eigenvalue weighted by Gasteiger charge is -2.24. The van der Waals surface area contributed by atoms with Crippen molar-refractivity contribution in [1.29, 1.82) is 0 Å². The van der Waals surface area contributed by atoms with Crippen LogP contribution in [0.1, 0.15) is 19.8 Å². The molecule has 2 atom stereocenters. The summed E-state index contributed by atoms with van der Waals surface area (Å²) in [7, 11) is 1.52. The van der Waals surface area contributed by atoms with Crippen LogP contribution in [0, 0.1) is 5.82 Å². The van der Waals surface area contributed by atoms with E-state index < -0.39 is 11.9 Å². The predicted octanol–water partition coefficient (Wildman–Crippen LogP) is 3.90. The van der Waals surface area contributed by atoms with E-state index in [1.165, 1.54) is 19.5 Å². The number of nitrogen functional groups attached to an aromatic ring is 1. The number of halogens is 2. The topological polar surface area (TPSA) is 93.7 Å². The molecule has 32 heavy (non-hydrogen) atoms. The van der Waals surface area contributed by atoms with Crippen molar-refractivity contribution in [3.63, 3.8) is 0 Å². The third-order valence-electron chi connectivity index (χ3n) is 5.88. The standard InChI is InChI=1S/C23H26ClFN4O3/c1-13-4-3-7-29(13)10-14(30)11-32-20-9-18-16(8-19(20)31-2)23(28-12-27-18)15-5-6-17(24)21(25)22(15)26/h5-6,8-9,12-14,30H,3-4,7,10-11,26H2,1-2H3. The van der Waals surface area contributed by atoms with Gasteiger partial charge < -0.3 is 20.3 Å². The first-order chi connectivity index (χ1) is 15.4. The Balaban J connectivity index is 1.61. The van der Waals surface area contributed by atoms with Crippen molar-refractivity contribution in [2.45, 2.75) is 31.9 Å². The van der Waals surface area contributed by atoms with Gasteiger partial charge in [0.05, 0.1) is 29.0 Å². The van der Waals surface area contributed by atoms with Gasteiger partial charge in [0.15, 0.2) is 17.3 Å². The highest BCUT2D eigenvalue weighted by Gasteiger charge is 2.23. The van der Waals surface area contributed by atoms with Crippen LogP contribution >= 0.6 is 11.6 Å². The number of fused-ring (bicyclic) bond motifs is 1. The summed E-state index contributed by atoms with van der Waals surface area (Å²) >= 11 is 5.83. The van der Waals surface area contributed by atoms with Crippen LogP contribution in [-0.4, -0.2) is 58.9 Å². The second-order valence-corrected chi connectivity index (χ2v) is 8.42. The van der Waals surface area contributed by atoms with Crippen molar-refractivity contribution in [2.24, 2.45) is 0 Å². The van der Waals surface area contributed by atoms with Gasteiger partial charge in [0.25, 0.3) is 0 Å².